The average Bonchev–Trinajstić information content (AvgIpc) is 2.45. The maximum atomic E-state index is 6.15. The SMILES string of the molecule is Cc1cc(Br)c(NCCCCc2ccccc2)cc1Cl. The van der Waals surface area contributed by atoms with Crippen LogP contribution in [-0.2, 0) is 6.42 Å². The molecule has 0 spiro atoms. The van der Waals surface area contributed by atoms with Gasteiger partial charge in [-0.25, -0.2) is 0 Å². The van der Waals surface area contributed by atoms with Crippen LogP contribution in [0.15, 0.2) is 46.9 Å². The highest BCUT2D eigenvalue weighted by Crippen LogP contribution is 2.29. The van der Waals surface area contributed by atoms with Crippen LogP contribution in [-0.4, -0.2) is 6.54 Å². The van der Waals surface area contributed by atoms with Crippen LogP contribution in [0.3, 0.4) is 0 Å². The highest BCUT2D eigenvalue weighted by atomic mass is 79.9. The van der Waals surface area contributed by atoms with Crippen molar-refractivity contribution in [2.75, 3.05) is 11.9 Å². The molecule has 2 aromatic rings. The van der Waals surface area contributed by atoms with Crippen molar-refractivity contribution in [2.24, 2.45) is 0 Å². The summed E-state index contributed by atoms with van der Waals surface area (Å²) in [5, 5.41) is 4.24. The summed E-state index contributed by atoms with van der Waals surface area (Å²) in [6, 6.07) is 14.7. The van der Waals surface area contributed by atoms with Crippen molar-refractivity contribution in [2.45, 2.75) is 26.2 Å². The Bertz CT molecular complexity index is 554. The van der Waals surface area contributed by atoms with Gasteiger partial charge < -0.3 is 5.32 Å². The molecule has 0 aliphatic rings. The first-order valence-electron chi connectivity index (χ1n) is 6.90. The molecule has 0 atom stereocenters. The number of unbranched alkanes of at least 4 members (excludes halogenated alkanes) is 1. The Hall–Kier alpha value is -0.990. The molecule has 1 N–H and O–H groups in total. The lowest BCUT2D eigenvalue weighted by Crippen LogP contribution is -2.03. The normalized spacial score (nSPS) is 10.6. The second kappa shape index (κ2) is 7.70. The van der Waals surface area contributed by atoms with Gasteiger partial charge in [-0.15, -0.1) is 0 Å². The lowest BCUT2D eigenvalue weighted by molar-refractivity contribution is 0.763. The van der Waals surface area contributed by atoms with Crippen molar-refractivity contribution in [3.8, 4) is 0 Å². The molecule has 0 aliphatic heterocycles. The van der Waals surface area contributed by atoms with E-state index in [9.17, 15) is 0 Å². The summed E-state index contributed by atoms with van der Waals surface area (Å²) in [6.07, 6.45) is 3.47. The summed E-state index contributed by atoms with van der Waals surface area (Å²) in [5.41, 5.74) is 3.57. The molecule has 0 bridgehead atoms. The number of hydrogen-bond acceptors (Lipinski definition) is 1. The van der Waals surface area contributed by atoms with E-state index in [-0.39, 0.29) is 0 Å². The molecule has 1 nitrogen and oxygen atoms in total. The highest BCUT2D eigenvalue weighted by Gasteiger charge is 2.03. The van der Waals surface area contributed by atoms with Crippen LogP contribution < -0.4 is 5.32 Å². The van der Waals surface area contributed by atoms with Gasteiger partial charge in [-0.1, -0.05) is 41.9 Å². The van der Waals surface area contributed by atoms with Gasteiger partial charge in [0.1, 0.15) is 0 Å². The summed E-state index contributed by atoms with van der Waals surface area (Å²) in [5.74, 6) is 0. The predicted molar refractivity (Wildman–Crippen MR) is 91.8 cm³/mol. The lowest BCUT2D eigenvalue weighted by Gasteiger charge is -2.10. The molecule has 0 aromatic heterocycles. The van der Waals surface area contributed by atoms with Gasteiger partial charge >= 0.3 is 0 Å². The first-order valence-corrected chi connectivity index (χ1v) is 8.07. The molecule has 2 aromatic carbocycles. The Kier molecular flexibility index (Phi) is 5.93. The minimum atomic E-state index is 0.806. The van der Waals surface area contributed by atoms with E-state index in [2.05, 4.69) is 57.6 Å². The Morgan fingerprint density at radius 2 is 1.85 bits per heavy atom. The van der Waals surface area contributed by atoms with E-state index >= 15 is 0 Å². The zero-order chi connectivity index (χ0) is 14.4. The Morgan fingerprint density at radius 1 is 1.10 bits per heavy atom. The number of halogens is 2. The summed E-state index contributed by atoms with van der Waals surface area (Å²) in [6.45, 7) is 2.97. The maximum Gasteiger partial charge on any atom is 0.0499 e. The Balaban J connectivity index is 1.75. The first-order chi connectivity index (χ1) is 9.66. The zero-order valence-corrected chi connectivity index (χ0v) is 14.0. The number of anilines is 1. The fourth-order valence-electron chi connectivity index (χ4n) is 2.10. The Morgan fingerprint density at radius 3 is 2.60 bits per heavy atom. The van der Waals surface area contributed by atoms with Crippen LogP contribution in [0.1, 0.15) is 24.0 Å². The van der Waals surface area contributed by atoms with Crippen LogP contribution in [0.25, 0.3) is 0 Å². The van der Waals surface area contributed by atoms with Gasteiger partial charge in [0.05, 0.1) is 0 Å². The van der Waals surface area contributed by atoms with E-state index in [4.69, 9.17) is 11.6 Å². The molecule has 0 amide bonds. The topological polar surface area (TPSA) is 12.0 Å². The van der Waals surface area contributed by atoms with Gasteiger partial charge in [0.15, 0.2) is 0 Å². The van der Waals surface area contributed by atoms with Crippen LogP contribution in [0.5, 0.6) is 0 Å². The molecule has 0 saturated heterocycles. The molecule has 0 aliphatic carbocycles. The highest BCUT2D eigenvalue weighted by molar-refractivity contribution is 9.10. The van der Waals surface area contributed by atoms with Gasteiger partial charge in [-0.2, -0.15) is 0 Å². The van der Waals surface area contributed by atoms with Crippen LogP contribution in [0.2, 0.25) is 5.02 Å². The van der Waals surface area contributed by atoms with Crippen molar-refractivity contribution in [3.05, 3.63) is 63.1 Å². The molecule has 2 rings (SSSR count). The predicted octanol–water partition coefficient (Wildman–Crippen LogP) is 5.85. The monoisotopic (exact) mass is 351 g/mol. The third-order valence-electron chi connectivity index (χ3n) is 3.30. The third kappa shape index (κ3) is 4.53. The van der Waals surface area contributed by atoms with Gasteiger partial charge in [-0.05, 0) is 65.4 Å². The molecular formula is C17H19BrClN. The van der Waals surface area contributed by atoms with Crippen LogP contribution in [0, 0.1) is 6.92 Å². The minimum absolute atomic E-state index is 0.806. The molecule has 0 heterocycles. The van der Waals surface area contributed by atoms with Crippen molar-refractivity contribution in [1.82, 2.24) is 0 Å². The van der Waals surface area contributed by atoms with Crippen molar-refractivity contribution >= 4 is 33.2 Å². The molecule has 0 saturated carbocycles. The fraction of sp³-hybridized carbons (Fsp3) is 0.294. The van der Waals surface area contributed by atoms with Crippen molar-refractivity contribution in [1.29, 1.82) is 0 Å². The number of aryl methyl sites for hydroxylation is 2. The average molecular weight is 353 g/mol. The summed E-state index contributed by atoms with van der Waals surface area (Å²) >= 11 is 9.71. The van der Waals surface area contributed by atoms with Crippen molar-refractivity contribution in [3.63, 3.8) is 0 Å². The van der Waals surface area contributed by atoms with Gasteiger partial charge in [0.25, 0.3) is 0 Å². The van der Waals surface area contributed by atoms with E-state index in [1.54, 1.807) is 0 Å². The molecule has 0 radical (unpaired) electrons. The molecular weight excluding hydrogens is 334 g/mol. The number of rotatable bonds is 6. The molecule has 0 fully saturated rings. The number of benzene rings is 2. The summed E-state index contributed by atoms with van der Waals surface area (Å²) < 4.78 is 1.07. The molecule has 106 valence electrons. The van der Waals surface area contributed by atoms with E-state index in [1.165, 1.54) is 12.0 Å². The van der Waals surface area contributed by atoms with Crippen LogP contribution >= 0.6 is 27.5 Å². The first kappa shape index (κ1) is 15.4. The van der Waals surface area contributed by atoms with E-state index < -0.39 is 0 Å². The van der Waals surface area contributed by atoms with E-state index in [1.807, 2.05) is 13.0 Å². The largest absolute Gasteiger partial charge is 0.384 e. The Labute approximate surface area is 134 Å². The molecule has 3 heteroatoms. The second-order valence-electron chi connectivity index (χ2n) is 4.95. The summed E-state index contributed by atoms with van der Waals surface area (Å²) in [4.78, 5) is 0. The van der Waals surface area contributed by atoms with Crippen molar-refractivity contribution < 1.29 is 0 Å². The second-order valence-corrected chi connectivity index (χ2v) is 6.21. The number of nitrogens with one attached hydrogen (secondary N) is 1. The number of hydrogen-bond donors (Lipinski definition) is 1. The van der Waals surface area contributed by atoms with Gasteiger partial charge in [-0.3, -0.25) is 0 Å². The standard InChI is InChI=1S/C17H19BrClN/c1-13-11-15(18)17(12-16(13)19)20-10-6-5-9-14-7-3-2-4-8-14/h2-4,7-8,11-12,20H,5-6,9-10H2,1H3. The van der Waals surface area contributed by atoms with E-state index in [0.717, 1.165) is 40.1 Å². The smallest absolute Gasteiger partial charge is 0.0499 e. The molecule has 20 heavy (non-hydrogen) atoms. The van der Waals surface area contributed by atoms with Gasteiger partial charge in [0, 0.05) is 21.7 Å². The minimum Gasteiger partial charge on any atom is -0.384 e. The zero-order valence-electron chi connectivity index (χ0n) is 11.6. The fourth-order valence-corrected chi connectivity index (χ4v) is 2.87. The third-order valence-corrected chi connectivity index (χ3v) is 4.36. The quantitative estimate of drug-likeness (QED) is 0.643. The summed E-state index contributed by atoms with van der Waals surface area (Å²) in [7, 11) is 0. The molecule has 0 unspecified atom stereocenters. The van der Waals surface area contributed by atoms with E-state index in [0.29, 0.717) is 0 Å². The lowest BCUT2D eigenvalue weighted by atomic mass is 10.1. The van der Waals surface area contributed by atoms with Gasteiger partial charge in [0.2, 0.25) is 0 Å². The van der Waals surface area contributed by atoms with Crippen LogP contribution in [0.4, 0.5) is 5.69 Å². The maximum absolute atomic E-state index is 6.15.